The van der Waals surface area contributed by atoms with Crippen LogP contribution in [0.3, 0.4) is 0 Å². The summed E-state index contributed by atoms with van der Waals surface area (Å²) in [5.41, 5.74) is 0.105. The van der Waals surface area contributed by atoms with E-state index in [1.54, 1.807) is 7.11 Å². The Hall–Kier alpha value is -1.22. The molecule has 1 rings (SSSR count). The van der Waals surface area contributed by atoms with E-state index >= 15 is 0 Å². The maximum atomic E-state index is 5.83. The number of ether oxygens (including phenoxy) is 2. The molecule has 0 aliphatic rings. The highest BCUT2D eigenvalue weighted by Crippen LogP contribution is 2.22. The van der Waals surface area contributed by atoms with E-state index in [9.17, 15) is 0 Å². The Kier molecular flexibility index (Phi) is 5.48. The van der Waals surface area contributed by atoms with E-state index in [0.717, 1.165) is 18.0 Å². The molecule has 3 nitrogen and oxygen atoms in total. The third-order valence-corrected chi connectivity index (χ3v) is 2.66. The van der Waals surface area contributed by atoms with E-state index in [1.807, 2.05) is 24.3 Å². The van der Waals surface area contributed by atoms with Gasteiger partial charge in [0, 0.05) is 24.1 Å². The van der Waals surface area contributed by atoms with Crippen LogP contribution in [0, 0.1) is 5.41 Å². The quantitative estimate of drug-likeness (QED) is 0.807. The highest BCUT2D eigenvalue weighted by atomic mass is 16.5. The van der Waals surface area contributed by atoms with Gasteiger partial charge in [-0.05, 0) is 12.1 Å². The second-order valence-electron chi connectivity index (χ2n) is 5.67. The van der Waals surface area contributed by atoms with Crippen LogP contribution in [0.25, 0.3) is 0 Å². The van der Waals surface area contributed by atoms with E-state index in [2.05, 4.69) is 33.0 Å². The molecular formula is C15H25NO2. The van der Waals surface area contributed by atoms with Crippen LogP contribution < -0.4 is 14.8 Å². The maximum Gasteiger partial charge on any atom is 0.123 e. The lowest BCUT2D eigenvalue weighted by atomic mass is 9.94. The molecule has 0 radical (unpaired) electrons. The van der Waals surface area contributed by atoms with Gasteiger partial charge in [0.1, 0.15) is 11.5 Å². The number of hydrogen-bond donors (Lipinski definition) is 1. The van der Waals surface area contributed by atoms with E-state index in [4.69, 9.17) is 9.47 Å². The summed E-state index contributed by atoms with van der Waals surface area (Å²) in [5.74, 6) is 1.68. The van der Waals surface area contributed by atoms with Crippen LogP contribution in [0.4, 0.5) is 0 Å². The highest BCUT2D eigenvalue weighted by Gasteiger charge is 2.19. The molecular weight excluding hydrogens is 226 g/mol. The molecule has 0 atom stereocenters. The average Bonchev–Trinajstić information content (AvgIpc) is 2.35. The molecule has 102 valence electrons. The van der Waals surface area contributed by atoms with Crippen molar-refractivity contribution in [2.24, 2.45) is 5.41 Å². The summed E-state index contributed by atoms with van der Waals surface area (Å²) in [6, 6.07) is 8.22. The molecule has 1 aromatic carbocycles. The molecule has 3 heteroatoms. The predicted molar refractivity (Wildman–Crippen MR) is 75.4 cm³/mol. The van der Waals surface area contributed by atoms with Crippen LogP contribution in [0.5, 0.6) is 11.5 Å². The van der Waals surface area contributed by atoms with Crippen molar-refractivity contribution >= 4 is 0 Å². The molecule has 18 heavy (non-hydrogen) atoms. The zero-order valence-corrected chi connectivity index (χ0v) is 12.1. The molecule has 0 aliphatic carbocycles. The standard InChI is InChI=1S/C15H25NO2/c1-12(2)16-10-15(3,4)11-18-14-8-6-7-13(9-14)17-5/h6-9,12,16H,10-11H2,1-5H3. The van der Waals surface area contributed by atoms with Crippen molar-refractivity contribution in [2.45, 2.75) is 33.7 Å². The molecule has 0 unspecified atom stereocenters. The van der Waals surface area contributed by atoms with Gasteiger partial charge in [-0.1, -0.05) is 33.8 Å². The number of rotatable bonds is 7. The fraction of sp³-hybridized carbons (Fsp3) is 0.600. The second-order valence-corrected chi connectivity index (χ2v) is 5.67. The van der Waals surface area contributed by atoms with Crippen molar-refractivity contribution in [1.82, 2.24) is 5.32 Å². The molecule has 1 N–H and O–H groups in total. The third kappa shape index (κ3) is 5.41. The van der Waals surface area contributed by atoms with Crippen LogP contribution in [0.1, 0.15) is 27.7 Å². The van der Waals surface area contributed by atoms with Crippen molar-refractivity contribution in [1.29, 1.82) is 0 Å². The third-order valence-electron chi connectivity index (χ3n) is 2.66. The highest BCUT2D eigenvalue weighted by molar-refractivity contribution is 5.32. The minimum atomic E-state index is 0.105. The lowest BCUT2D eigenvalue weighted by molar-refractivity contribution is 0.173. The normalized spacial score (nSPS) is 11.7. The SMILES string of the molecule is COc1cccc(OCC(C)(C)CNC(C)C)c1. The molecule has 0 heterocycles. The van der Waals surface area contributed by atoms with Gasteiger partial charge in [-0.25, -0.2) is 0 Å². The molecule has 0 aromatic heterocycles. The van der Waals surface area contributed by atoms with E-state index < -0.39 is 0 Å². The molecule has 0 saturated carbocycles. The molecule has 0 saturated heterocycles. The summed E-state index contributed by atoms with van der Waals surface area (Å²) in [4.78, 5) is 0. The number of methoxy groups -OCH3 is 1. The van der Waals surface area contributed by atoms with Crippen LogP contribution >= 0.6 is 0 Å². The van der Waals surface area contributed by atoms with Crippen LogP contribution in [0.15, 0.2) is 24.3 Å². The van der Waals surface area contributed by atoms with Crippen molar-refractivity contribution in [3.8, 4) is 11.5 Å². The fourth-order valence-electron chi connectivity index (χ4n) is 1.50. The minimum absolute atomic E-state index is 0.105. The number of hydrogen-bond acceptors (Lipinski definition) is 3. The number of nitrogens with one attached hydrogen (secondary N) is 1. The smallest absolute Gasteiger partial charge is 0.123 e. The van der Waals surface area contributed by atoms with E-state index in [1.165, 1.54) is 0 Å². The topological polar surface area (TPSA) is 30.5 Å². The Morgan fingerprint density at radius 1 is 1.22 bits per heavy atom. The van der Waals surface area contributed by atoms with Gasteiger partial charge in [-0.15, -0.1) is 0 Å². The van der Waals surface area contributed by atoms with E-state index in [0.29, 0.717) is 12.6 Å². The van der Waals surface area contributed by atoms with Gasteiger partial charge in [0.15, 0.2) is 0 Å². The summed E-state index contributed by atoms with van der Waals surface area (Å²) in [6.07, 6.45) is 0. The Balaban J connectivity index is 2.47. The summed E-state index contributed by atoms with van der Waals surface area (Å²) < 4.78 is 11.0. The van der Waals surface area contributed by atoms with Crippen molar-refractivity contribution in [2.75, 3.05) is 20.3 Å². The Morgan fingerprint density at radius 3 is 2.50 bits per heavy atom. The largest absolute Gasteiger partial charge is 0.497 e. The van der Waals surface area contributed by atoms with Gasteiger partial charge < -0.3 is 14.8 Å². The Morgan fingerprint density at radius 2 is 1.89 bits per heavy atom. The van der Waals surface area contributed by atoms with Crippen molar-refractivity contribution < 1.29 is 9.47 Å². The van der Waals surface area contributed by atoms with Gasteiger partial charge in [-0.2, -0.15) is 0 Å². The predicted octanol–water partition coefficient (Wildman–Crippen LogP) is 3.10. The maximum absolute atomic E-state index is 5.83. The lowest BCUT2D eigenvalue weighted by Crippen LogP contribution is -2.37. The van der Waals surface area contributed by atoms with Crippen LogP contribution in [0.2, 0.25) is 0 Å². The zero-order chi connectivity index (χ0) is 13.6. The lowest BCUT2D eigenvalue weighted by Gasteiger charge is -2.26. The molecule has 0 amide bonds. The first-order valence-corrected chi connectivity index (χ1v) is 6.43. The summed E-state index contributed by atoms with van der Waals surface area (Å²) >= 11 is 0. The molecule has 0 bridgehead atoms. The fourth-order valence-corrected chi connectivity index (χ4v) is 1.50. The summed E-state index contributed by atoms with van der Waals surface area (Å²) in [5, 5.41) is 3.44. The van der Waals surface area contributed by atoms with Crippen LogP contribution in [-0.4, -0.2) is 26.3 Å². The Labute approximate surface area is 110 Å². The van der Waals surface area contributed by atoms with Gasteiger partial charge >= 0.3 is 0 Å². The van der Waals surface area contributed by atoms with Crippen molar-refractivity contribution in [3.05, 3.63) is 24.3 Å². The first-order valence-electron chi connectivity index (χ1n) is 6.43. The van der Waals surface area contributed by atoms with Gasteiger partial charge in [0.25, 0.3) is 0 Å². The van der Waals surface area contributed by atoms with Gasteiger partial charge in [-0.3, -0.25) is 0 Å². The molecule has 0 spiro atoms. The zero-order valence-electron chi connectivity index (χ0n) is 12.1. The number of benzene rings is 1. The second kappa shape index (κ2) is 6.64. The molecule has 0 fully saturated rings. The van der Waals surface area contributed by atoms with Crippen molar-refractivity contribution in [3.63, 3.8) is 0 Å². The monoisotopic (exact) mass is 251 g/mol. The minimum Gasteiger partial charge on any atom is -0.497 e. The van der Waals surface area contributed by atoms with Crippen LogP contribution in [-0.2, 0) is 0 Å². The average molecular weight is 251 g/mol. The van der Waals surface area contributed by atoms with Gasteiger partial charge in [0.05, 0.1) is 13.7 Å². The summed E-state index contributed by atoms with van der Waals surface area (Å²) in [6.45, 7) is 10.3. The molecule has 0 aliphatic heterocycles. The van der Waals surface area contributed by atoms with E-state index in [-0.39, 0.29) is 5.41 Å². The van der Waals surface area contributed by atoms with Gasteiger partial charge in [0.2, 0.25) is 0 Å². The Bertz CT molecular complexity index is 361. The molecule has 1 aromatic rings. The first-order chi connectivity index (χ1) is 8.43. The first kappa shape index (κ1) is 14.8. The summed E-state index contributed by atoms with van der Waals surface area (Å²) in [7, 11) is 1.66.